The number of nitrogens with zero attached hydrogens (tertiary/aromatic N) is 1. The van der Waals surface area contributed by atoms with Gasteiger partial charge in [0.25, 0.3) is 0 Å². The molecular formula is C21H29FN4O2S. The van der Waals surface area contributed by atoms with Crippen LogP contribution in [-0.4, -0.2) is 27.5 Å². The molecule has 0 aliphatic heterocycles. The summed E-state index contributed by atoms with van der Waals surface area (Å²) in [5.74, 6) is 0.367. The van der Waals surface area contributed by atoms with Crippen molar-refractivity contribution in [2.24, 2.45) is 4.99 Å². The molecule has 0 heterocycles. The summed E-state index contributed by atoms with van der Waals surface area (Å²) in [5.41, 5.74) is 3.31. The summed E-state index contributed by atoms with van der Waals surface area (Å²) in [6.45, 7) is 6.40. The monoisotopic (exact) mass is 420 g/mol. The van der Waals surface area contributed by atoms with Gasteiger partial charge in [-0.05, 0) is 49.1 Å². The zero-order valence-corrected chi connectivity index (χ0v) is 18.1. The first-order valence-corrected chi connectivity index (χ1v) is 11.1. The molecule has 8 heteroatoms. The molecule has 29 heavy (non-hydrogen) atoms. The molecule has 0 aromatic heterocycles. The van der Waals surface area contributed by atoms with E-state index in [2.05, 4.69) is 20.3 Å². The number of sulfonamides is 1. The van der Waals surface area contributed by atoms with Crippen molar-refractivity contribution in [3.8, 4) is 0 Å². The second-order valence-electron chi connectivity index (χ2n) is 7.21. The lowest BCUT2D eigenvalue weighted by Crippen LogP contribution is -2.36. The van der Waals surface area contributed by atoms with E-state index >= 15 is 0 Å². The average Bonchev–Trinajstić information content (AvgIpc) is 2.64. The Bertz CT molecular complexity index is 942. The Balaban J connectivity index is 1.86. The second-order valence-corrected chi connectivity index (χ2v) is 8.96. The van der Waals surface area contributed by atoms with Gasteiger partial charge in [-0.25, -0.2) is 17.5 Å². The van der Waals surface area contributed by atoms with Crippen LogP contribution in [0, 0.1) is 12.7 Å². The predicted octanol–water partition coefficient (Wildman–Crippen LogP) is 2.83. The topological polar surface area (TPSA) is 82.6 Å². The van der Waals surface area contributed by atoms with E-state index < -0.39 is 10.0 Å². The third-order valence-corrected chi connectivity index (χ3v) is 5.70. The molecule has 6 nitrogen and oxygen atoms in total. The van der Waals surface area contributed by atoms with Gasteiger partial charge in [0, 0.05) is 26.2 Å². The summed E-state index contributed by atoms with van der Waals surface area (Å²) in [6, 6.07) is 12.3. The Morgan fingerprint density at radius 2 is 1.55 bits per heavy atom. The summed E-state index contributed by atoms with van der Waals surface area (Å²) < 4.78 is 40.0. The van der Waals surface area contributed by atoms with Crippen molar-refractivity contribution >= 4 is 16.0 Å². The molecule has 2 rings (SSSR count). The number of aliphatic imine (C=N–C) groups is 1. The number of guanidine groups is 1. The average molecular weight is 421 g/mol. The van der Waals surface area contributed by atoms with Gasteiger partial charge in [0.2, 0.25) is 10.0 Å². The first kappa shape index (κ1) is 22.8. The smallest absolute Gasteiger partial charge is 0.216 e. The number of hydrogen-bond donors (Lipinski definition) is 3. The minimum absolute atomic E-state index is 0.0425. The van der Waals surface area contributed by atoms with Crippen LogP contribution >= 0.6 is 0 Å². The van der Waals surface area contributed by atoms with E-state index in [9.17, 15) is 12.8 Å². The molecule has 2 aromatic rings. The Morgan fingerprint density at radius 1 is 1.00 bits per heavy atom. The maximum Gasteiger partial charge on any atom is 0.216 e. The van der Waals surface area contributed by atoms with Crippen LogP contribution in [0.15, 0.2) is 47.5 Å². The predicted molar refractivity (Wildman–Crippen MR) is 116 cm³/mol. The van der Waals surface area contributed by atoms with Gasteiger partial charge in [-0.1, -0.05) is 36.4 Å². The molecule has 0 saturated carbocycles. The van der Waals surface area contributed by atoms with Crippen LogP contribution < -0.4 is 15.4 Å². The van der Waals surface area contributed by atoms with Gasteiger partial charge in [0.1, 0.15) is 5.82 Å². The third kappa shape index (κ3) is 7.83. The van der Waals surface area contributed by atoms with Crippen molar-refractivity contribution in [1.29, 1.82) is 0 Å². The molecule has 0 saturated heterocycles. The molecule has 3 N–H and O–H groups in total. The zero-order chi connectivity index (χ0) is 21.4. The van der Waals surface area contributed by atoms with Gasteiger partial charge in [-0.3, -0.25) is 4.99 Å². The molecule has 0 unspecified atom stereocenters. The maximum atomic E-state index is 13.4. The standard InChI is InChI=1S/C21H29FN4O2S/c1-15(2)26-29(27,28)14-18-7-5-17(6-8-18)12-24-21(23-4)25-13-19-9-10-20(22)16(3)11-19/h5-11,15,26H,12-14H2,1-4H3,(H2,23,24,25). The highest BCUT2D eigenvalue weighted by Crippen LogP contribution is 2.10. The molecule has 0 spiro atoms. The summed E-state index contributed by atoms with van der Waals surface area (Å²) in [4.78, 5) is 4.18. The third-order valence-electron chi connectivity index (χ3n) is 4.16. The van der Waals surface area contributed by atoms with E-state index in [1.54, 1.807) is 40.0 Å². The van der Waals surface area contributed by atoms with Gasteiger partial charge in [0.15, 0.2) is 5.96 Å². The molecule has 0 bridgehead atoms. The van der Waals surface area contributed by atoms with Gasteiger partial charge in [0.05, 0.1) is 5.75 Å². The second kappa shape index (κ2) is 10.4. The van der Waals surface area contributed by atoms with Crippen molar-refractivity contribution in [1.82, 2.24) is 15.4 Å². The number of benzene rings is 2. The maximum absolute atomic E-state index is 13.4. The summed E-state index contributed by atoms with van der Waals surface area (Å²) in [7, 11) is -1.65. The molecule has 158 valence electrons. The fourth-order valence-corrected chi connectivity index (χ4v) is 4.22. The highest BCUT2D eigenvalue weighted by molar-refractivity contribution is 7.88. The van der Waals surface area contributed by atoms with Crippen LogP contribution in [-0.2, 0) is 28.9 Å². The van der Waals surface area contributed by atoms with Crippen molar-refractivity contribution < 1.29 is 12.8 Å². The largest absolute Gasteiger partial charge is 0.352 e. The molecule has 0 aliphatic rings. The fraction of sp³-hybridized carbons (Fsp3) is 0.381. The lowest BCUT2D eigenvalue weighted by Gasteiger charge is -2.13. The summed E-state index contributed by atoms with van der Waals surface area (Å²) >= 11 is 0. The van der Waals surface area contributed by atoms with Crippen molar-refractivity contribution in [3.63, 3.8) is 0 Å². The van der Waals surface area contributed by atoms with E-state index in [0.29, 0.717) is 24.6 Å². The number of nitrogens with one attached hydrogen (secondary N) is 3. The summed E-state index contributed by atoms with van der Waals surface area (Å²) in [6.07, 6.45) is 0. The Hall–Kier alpha value is -2.45. The molecule has 0 amide bonds. The Kier molecular flexibility index (Phi) is 8.16. The molecule has 0 aliphatic carbocycles. The lowest BCUT2D eigenvalue weighted by atomic mass is 10.1. The minimum Gasteiger partial charge on any atom is -0.352 e. The van der Waals surface area contributed by atoms with E-state index in [1.165, 1.54) is 6.07 Å². The van der Waals surface area contributed by atoms with Gasteiger partial charge in [-0.15, -0.1) is 0 Å². The number of rotatable bonds is 8. The van der Waals surface area contributed by atoms with Crippen LogP contribution in [0.1, 0.15) is 36.1 Å². The lowest BCUT2D eigenvalue weighted by molar-refractivity contribution is 0.569. The summed E-state index contributed by atoms with van der Waals surface area (Å²) in [5, 5.41) is 6.40. The fourth-order valence-electron chi connectivity index (χ4n) is 2.78. The van der Waals surface area contributed by atoms with Crippen LogP contribution in [0.5, 0.6) is 0 Å². The zero-order valence-electron chi connectivity index (χ0n) is 17.3. The van der Waals surface area contributed by atoms with Crippen LogP contribution in [0.2, 0.25) is 0 Å². The highest BCUT2D eigenvalue weighted by Gasteiger charge is 2.12. The molecular weight excluding hydrogens is 391 g/mol. The van der Waals surface area contributed by atoms with Gasteiger partial charge in [-0.2, -0.15) is 0 Å². The molecule has 0 fully saturated rings. The van der Waals surface area contributed by atoms with E-state index in [4.69, 9.17) is 0 Å². The van der Waals surface area contributed by atoms with Crippen molar-refractivity contribution in [2.45, 2.75) is 45.7 Å². The van der Waals surface area contributed by atoms with E-state index in [1.807, 2.05) is 24.3 Å². The van der Waals surface area contributed by atoms with E-state index in [0.717, 1.165) is 16.7 Å². The first-order valence-electron chi connectivity index (χ1n) is 9.46. The number of hydrogen-bond acceptors (Lipinski definition) is 3. The molecule has 0 atom stereocenters. The molecule has 0 radical (unpaired) electrons. The molecule has 2 aromatic carbocycles. The first-order chi connectivity index (χ1) is 13.7. The highest BCUT2D eigenvalue weighted by atomic mass is 32.2. The van der Waals surface area contributed by atoms with Crippen LogP contribution in [0.25, 0.3) is 0 Å². The normalized spacial score (nSPS) is 12.3. The Labute approximate surface area is 172 Å². The quantitative estimate of drug-likeness (QED) is 0.453. The van der Waals surface area contributed by atoms with Crippen LogP contribution in [0.3, 0.4) is 0 Å². The van der Waals surface area contributed by atoms with Crippen molar-refractivity contribution in [2.75, 3.05) is 7.05 Å². The van der Waals surface area contributed by atoms with Crippen LogP contribution in [0.4, 0.5) is 4.39 Å². The number of aryl methyl sites for hydroxylation is 1. The number of halogens is 1. The van der Waals surface area contributed by atoms with Gasteiger partial charge < -0.3 is 10.6 Å². The minimum atomic E-state index is -3.33. The van der Waals surface area contributed by atoms with Gasteiger partial charge >= 0.3 is 0 Å². The Morgan fingerprint density at radius 3 is 2.10 bits per heavy atom. The van der Waals surface area contributed by atoms with Crippen molar-refractivity contribution in [3.05, 3.63) is 70.5 Å². The van der Waals surface area contributed by atoms with E-state index in [-0.39, 0.29) is 17.6 Å². The SMILES string of the molecule is CN=C(NCc1ccc(CS(=O)(=O)NC(C)C)cc1)NCc1ccc(F)c(C)c1.